The molecular formula is C16H19NO5. The average Bonchev–Trinajstić information content (AvgIpc) is 2.57. The summed E-state index contributed by atoms with van der Waals surface area (Å²) in [5, 5.41) is 42.6. The minimum atomic E-state index is -1.63. The molecule has 0 fully saturated rings. The molecule has 0 aliphatic carbocycles. The van der Waals surface area contributed by atoms with Crippen LogP contribution in [0.3, 0.4) is 0 Å². The van der Waals surface area contributed by atoms with E-state index in [0.29, 0.717) is 12.0 Å². The van der Waals surface area contributed by atoms with Crippen LogP contribution in [0.15, 0.2) is 42.5 Å². The Morgan fingerprint density at radius 2 is 1.68 bits per heavy atom. The SMILES string of the molecule is O=C[C@H](Nc1ccc2ccccc2c1)[C@@H](O)[C@H](O)[C@H](O)CO. The van der Waals surface area contributed by atoms with Crippen LogP contribution in [0, 0.1) is 0 Å². The topological polar surface area (TPSA) is 110 Å². The minimum Gasteiger partial charge on any atom is -0.394 e. The molecule has 0 unspecified atom stereocenters. The first-order valence-electron chi connectivity index (χ1n) is 6.92. The molecule has 0 aliphatic rings. The van der Waals surface area contributed by atoms with Crippen molar-refractivity contribution in [3.05, 3.63) is 42.5 Å². The number of benzene rings is 2. The molecule has 0 aromatic heterocycles. The van der Waals surface area contributed by atoms with Crippen molar-refractivity contribution < 1.29 is 25.2 Å². The van der Waals surface area contributed by atoms with Crippen molar-refractivity contribution in [2.24, 2.45) is 0 Å². The third kappa shape index (κ3) is 3.61. The van der Waals surface area contributed by atoms with Gasteiger partial charge in [0.25, 0.3) is 0 Å². The zero-order chi connectivity index (χ0) is 16.1. The molecule has 0 heterocycles. The molecule has 2 aromatic rings. The molecule has 2 rings (SSSR count). The van der Waals surface area contributed by atoms with Gasteiger partial charge in [-0.1, -0.05) is 30.3 Å². The van der Waals surface area contributed by atoms with E-state index in [0.717, 1.165) is 10.8 Å². The first-order chi connectivity index (χ1) is 10.6. The van der Waals surface area contributed by atoms with Gasteiger partial charge >= 0.3 is 0 Å². The average molecular weight is 305 g/mol. The van der Waals surface area contributed by atoms with E-state index in [1.807, 2.05) is 36.4 Å². The van der Waals surface area contributed by atoms with Gasteiger partial charge in [0.1, 0.15) is 30.6 Å². The van der Waals surface area contributed by atoms with Crippen LogP contribution in [0.5, 0.6) is 0 Å². The molecule has 0 aliphatic heterocycles. The van der Waals surface area contributed by atoms with Crippen LogP contribution in [0.2, 0.25) is 0 Å². The highest BCUT2D eigenvalue weighted by atomic mass is 16.4. The summed E-state index contributed by atoms with van der Waals surface area (Å²) in [6.07, 6.45) is -4.25. The Bertz CT molecular complexity index is 633. The number of carbonyl (C=O) groups excluding carboxylic acids is 1. The van der Waals surface area contributed by atoms with E-state index in [9.17, 15) is 20.1 Å². The molecule has 0 amide bonds. The predicted octanol–water partition coefficient (Wildman–Crippen LogP) is -0.106. The van der Waals surface area contributed by atoms with Crippen molar-refractivity contribution in [1.29, 1.82) is 0 Å². The lowest BCUT2D eigenvalue weighted by atomic mass is 10.0. The Morgan fingerprint density at radius 3 is 2.32 bits per heavy atom. The van der Waals surface area contributed by atoms with Crippen LogP contribution in [-0.4, -0.2) is 57.7 Å². The maximum atomic E-state index is 11.2. The van der Waals surface area contributed by atoms with Gasteiger partial charge in [0.05, 0.1) is 6.61 Å². The Balaban J connectivity index is 2.15. The number of aliphatic hydroxyl groups excluding tert-OH is 4. The maximum absolute atomic E-state index is 11.2. The van der Waals surface area contributed by atoms with E-state index in [1.54, 1.807) is 6.07 Å². The van der Waals surface area contributed by atoms with Crippen LogP contribution in [0.4, 0.5) is 5.69 Å². The van der Waals surface area contributed by atoms with E-state index in [1.165, 1.54) is 0 Å². The minimum absolute atomic E-state index is 0.452. The summed E-state index contributed by atoms with van der Waals surface area (Å²) in [7, 11) is 0. The van der Waals surface area contributed by atoms with Gasteiger partial charge in [0.15, 0.2) is 0 Å². The molecule has 6 nitrogen and oxygen atoms in total. The molecule has 22 heavy (non-hydrogen) atoms. The molecule has 0 radical (unpaired) electrons. The monoisotopic (exact) mass is 305 g/mol. The van der Waals surface area contributed by atoms with E-state index in [2.05, 4.69) is 5.32 Å². The van der Waals surface area contributed by atoms with E-state index in [4.69, 9.17) is 5.11 Å². The molecule has 6 heteroatoms. The van der Waals surface area contributed by atoms with Crippen LogP contribution in [0.25, 0.3) is 10.8 Å². The highest BCUT2D eigenvalue weighted by Gasteiger charge is 2.30. The number of aldehydes is 1. The molecule has 0 saturated heterocycles. The summed E-state index contributed by atoms with van der Waals surface area (Å²) in [6.45, 7) is -0.709. The van der Waals surface area contributed by atoms with Crippen molar-refractivity contribution in [1.82, 2.24) is 0 Å². The van der Waals surface area contributed by atoms with Crippen molar-refractivity contribution in [3.63, 3.8) is 0 Å². The normalized spacial score (nSPS) is 16.7. The first kappa shape index (κ1) is 16.4. The molecule has 0 bridgehead atoms. The number of rotatable bonds is 7. The Kier molecular flexibility index (Phi) is 5.46. The van der Waals surface area contributed by atoms with Gasteiger partial charge in [0, 0.05) is 5.69 Å². The Morgan fingerprint density at radius 1 is 1.00 bits per heavy atom. The van der Waals surface area contributed by atoms with Gasteiger partial charge < -0.3 is 30.5 Å². The smallest absolute Gasteiger partial charge is 0.144 e. The van der Waals surface area contributed by atoms with Gasteiger partial charge in [-0.15, -0.1) is 0 Å². The summed E-state index contributed by atoms with van der Waals surface area (Å²) in [5.41, 5.74) is 0.598. The fourth-order valence-electron chi connectivity index (χ4n) is 2.22. The fraction of sp³-hybridized carbons (Fsp3) is 0.312. The van der Waals surface area contributed by atoms with Gasteiger partial charge in [-0.3, -0.25) is 0 Å². The number of fused-ring (bicyclic) bond motifs is 1. The molecule has 118 valence electrons. The standard InChI is InChI=1S/C16H19NO5/c18-8-13(15(21)16(22)14(20)9-19)17-12-6-5-10-3-1-2-4-11(10)7-12/h1-8,13-17,19-22H,9H2/t13-,14+,15+,16+/m0/s1. The number of nitrogens with one attached hydrogen (secondary N) is 1. The molecule has 0 saturated carbocycles. The summed E-state index contributed by atoms with van der Waals surface area (Å²) < 4.78 is 0. The Hall–Kier alpha value is -1.99. The number of hydrogen-bond acceptors (Lipinski definition) is 6. The van der Waals surface area contributed by atoms with Crippen LogP contribution >= 0.6 is 0 Å². The van der Waals surface area contributed by atoms with E-state index < -0.39 is 31.0 Å². The van der Waals surface area contributed by atoms with E-state index >= 15 is 0 Å². The second-order valence-electron chi connectivity index (χ2n) is 5.10. The molecule has 4 atom stereocenters. The van der Waals surface area contributed by atoms with Crippen molar-refractivity contribution in [2.75, 3.05) is 11.9 Å². The number of hydrogen-bond donors (Lipinski definition) is 5. The van der Waals surface area contributed by atoms with Crippen LogP contribution in [0.1, 0.15) is 0 Å². The van der Waals surface area contributed by atoms with E-state index in [-0.39, 0.29) is 0 Å². The van der Waals surface area contributed by atoms with Crippen molar-refractivity contribution in [2.45, 2.75) is 24.4 Å². The van der Waals surface area contributed by atoms with Crippen molar-refractivity contribution in [3.8, 4) is 0 Å². The number of anilines is 1. The summed E-state index contributed by atoms with van der Waals surface area (Å²) in [5.74, 6) is 0. The third-order valence-corrected chi connectivity index (χ3v) is 3.53. The second-order valence-corrected chi connectivity index (χ2v) is 5.10. The van der Waals surface area contributed by atoms with Gasteiger partial charge in [0.2, 0.25) is 0 Å². The number of aliphatic hydroxyl groups is 4. The maximum Gasteiger partial charge on any atom is 0.144 e. The van der Waals surface area contributed by atoms with Crippen molar-refractivity contribution >= 4 is 22.7 Å². The zero-order valence-corrected chi connectivity index (χ0v) is 11.8. The van der Waals surface area contributed by atoms with Crippen LogP contribution in [-0.2, 0) is 4.79 Å². The van der Waals surface area contributed by atoms with Gasteiger partial charge in [-0.25, -0.2) is 0 Å². The number of carbonyl (C=O) groups is 1. The largest absolute Gasteiger partial charge is 0.394 e. The molecule has 5 N–H and O–H groups in total. The lowest BCUT2D eigenvalue weighted by Gasteiger charge is -2.26. The zero-order valence-electron chi connectivity index (χ0n) is 11.8. The molecular weight excluding hydrogens is 286 g/mol. The third-order valence-electron chi connectivity index (χ3n) is 3.53. The summed E-state index contributed by atoms with van der Waals surface area (Å²) >= 11 is 0. The molecule has 0 spiro atoms. The quantitative estimate of drug-likeness (QED) is 0.457. The highest BCUT2D eigenvalue weighted by molar-refractivity contribution is 5.86. The second kappa shape index (κ2) is 7.33. The summed E-state index contributed by atoms with van der Waals surface area (Å²) in [4.78, 5) is 11.2. The van der Waals surface area contributed by atoms with Gasteiger partial charge in [-0.05, 0) is 22.9 Å². The van der Waals surface area contributed by atoms with Gasteiger partial charge in [-0.2, -0.15) is 0 Å². The first-order valence-corrected chi connectivity index (χ1v) is 6.92. The van der Waals surface area contributed by atoms with Crippen LogP contribution < -0.4 is 5.32 Å². The Labute approximate surface area is 127 Å². The molecule has 2 aromatic carbocycles. The lowest BCUT2D eigenvalue weighted by molar-refractivity contribution is -0.117. The lowest BCUT2D eigenvalue weighted by Crippen LogP contribution is -2.49. The highest BCUT2D eigenvalue weighted by Crippen LogP contribution is 2.20. The fourth-order valence-corrected chi connectivity index (χ4v) is 2.22. The predicted molar refractivity (Wildman–Crippen MR) is 82.5 cm³/mol. The summed E-state index contributed by atoms with van der Waals surface area (Å²) in [6, 6.07) is 12.0.